The summed E-state index contributed by atoms with van der Waals surface area (Å²) in [5.74, 6) is -18.1. The molecule has 1 aromatic rings. The summed E-state index contributed by atoms with van der Waals surface area (Å²) in [5.41, 5.74) is -3.67. The van der Waals surface area contributed by atoms with Crippen molar-refractivity contribution in [1.29, 1.82) is 0 Å². The Labute approximate surface area is 205 Å². The van der Waals surface area contributed by atoms with Crippen molar-refractivity contribution in [2.75, 3.05) is 13.2 Å². The number of hydrogen-bond acceptors (Lipinski definition) is 6. The molecule has 1 atom stereocenters. The van der Waals surface area contributed by atoms with E-state index in [0.717, 1.165) is 12.2 Å². The molecule has 0 saturated heterocycles. The maximum absolute atomic E-state index is 13.7. The monoisotopic (exact) mass is 577 g/mol. The van der Waals surface area contributed by atoms with E-state index in [4.69, 9.17) is 0 Å². The molecular formula is C19H21F10N3O6. The first-order valence-electron chi connectivity index (χ1n) is 10.1. The molecule has 1 N–H and O–H groups in total. The van der Waals surface area contributed by atoms with E-state index >= 15 is 0 Å². The van der Waals surface area contributed by atoms with Gasteiger partial charge < -0.3 is 9.84 Å². The highest BCUT2D eigenvalue weighted by molar-refractivity contribution is 4.91. The van der Waals surface area contributed by atoms with E-state index in [-0.39, 0.29) is 4.57 Å². The third kappa shape index (κ3) is 6.73. The summed E-state index contributed by atoms with van der Waals surface area (Å²) in [7, 11) is 0. The lowest BCUT2D eigenvalue weighted by Crippen LogP contribution is -2.59. The number of rotatable bonds is 15. The van der Waals surface area contributed by atoms with Crippen molar-refractivity contribution >= 4 is 0 Å². The normalized spacial score (nSPS) is 14.4. The second-order valence-electron chi connectivity index (χ2n) is 7.73. The second kappa shape index (κ2) is 11.4. The zero-order chi connectivity index (χ0) is 29.9. The number of hydrogen-bond donors (Lipinski definition) is 1. The van der Waals surface area contributed by atoms with Gasteiger partial charge in [-0.15, -0.1) is 13.2 Å². The molecule has 218 valence electrons. The lowest BCUT2D eigenvalue weighted by atomic mass is 10.2. The average molecular weight is 577 g/mol. The molecule has 19 heteroatoms. The Balaban J connectivity index is 3.05. The van der Waals surface area contributed by atoms with Crippen molar-refractivity contribution in [2.45, 2.75) is 62.6 Å². The minimum Gasteiger partial charge on any atom is -0.389 e. The number of allylic oxidation sites excluding steroid dienone is 2. The van der Waals surface area contributed by atoms with Crippen molar-refractivity contribution in [3.05, 3.63) is 56.8 Å². The molecule has 1 aromatic heterocycles. The van der Waals surface area contributed by atoms with Gasteiger partial charge >= 0.3 is 47.1 Å². The summed E-state index contributed by atoms with van der Waals surface area (Å²) in [5, 5.41) is 9.92. The summed E-state index contributed by atoms with van der Waals surface area (Å²) in [6.07, 6.45) is -13.1. The molecule has 1 rings (SSSR count). The van der Waals surface area contributed by atoms with Crippen molar-refractivity contribution < 1.29 is 58.5 Å². The fraction of sp³-hybridized carbons (Fsp3) is 0.632. The van der Waals surface area contributed by atoms with Gasteiger partial charge in [0.25, 0.3) is 0 Å². The van der Waals surface area contributed by atoms with E-state index in [0.29, 0.717) is 9.13 Å². The minimum atomic E-state index is -6.77. The van der Waals surface area contributed by atoms with Crippen LogP contribution in [0.15, 0.2) is 39.7 Å². The molecule has 0 spiro atoms. The Kier molecular flexibility index (Phi) is 9.96. The van der Waals surface area contributed by atoms with Crippen LogP contribution in [0.25, 0.3) is 0 Å². The number of aliphatic hydroxyl groups is 1. The van der Waals surface area contributed by atoms with Gasteiger partial charge in [-0.3, -0.25) is 0 Å². The fourth-order valence-electron chi connectivity index (χ4n) is 2.64. The second-order valence-corrected chi connectivity index (χ2v) is 7.73. The zero-order valence-electron chi connectivity index (χ0n) is 19.3. The molecule has 38 heavy (non-hydrogen) atoms. The predicted molar refractivity (Wildman–Crippen MR) is 108 cm³/mol. The highest BCUT2D eigenvalue weighted by Gasteiger charge is 2.75. The Morgan fingerprint density at radius 1 is 0.816 bits per heavy atom. The van der Waals surface area contributed by atoms with Crippen LogP contribution in [0.3, 0.4) is 0 Å². The molecule has 1 unspecified atom stereocenters. The molecule has 0 radical (unpaired) electrons. The largest absolute Gasteiger partial charge is 0.430 e. The Bertz CT molecular complexity index is 1140. The van der Waals surface area contributed by atoms with E-state index in [1.54, 1.807) is 0 Å². The third-order valence-electron chi connectivity index (χ3n) is 4.59. The topological polar surface area (TPSA) is 105 Å². The summed E-state index contributed by atoms with van der Waals surface area (Å²) >= 11 is 0. The maximum atomic E-state index is 13.7. The molecule has 9 nitrogen and oxygen atoms in total. The summed E-state index contributed by atoms with van der Waals surface area (Å²) in [6, 6.07) is 0. The Morgan fingerprint density at radius 3 is 1.63 bits per heavy atom. The Hall–Kier alpha value is -2.93. The van der Waals surface area contributed by atoms with Gasteiger partial charge in [0.2, 0.25) is 0 Å². The van der Waals surface area contributed by atoms with E-state index in [2.05, 4.69) is 22.6 Å². The van der Waals surface area contributed by atoms with E-state index in [1.807, 2.05) is 0 Å². The molecule has 0 fully saturated rings. The highest BCUT2D eigenvalue weighted by Crippen LogP contribution is 2.50. The lowest BCUT2D eigenvalue weighted by molar-refractivity contribution is -0.486. The zero-order valence-corrected chi connectivity index (χ0v) is 19.3. The fourth-order valence-corrected chi connectivity index (χ4v) is 2.64. The van der Waals surface area contributed by atoms with Crippen molar-refractivity contribution in [1.82, 2.24) is 13.7 Å². The molecule has 0 aliphatic rings. The van der Waals surface area contributed by atoms with Gasteiger partial charge in [-0.25, -0.2) is 32.8 Å². The summed E-state index contributed by atoms with van der Waals surface area (Å²) in [6.45, 7) is 0.00394. The van der Waals surface area contributed by atoms with Crippen LogP contribution in [-0.4, -0.2) is 68.1 Å². The van der Waals surface area contributed by atoms with Crippen LogP contribution in [0.5, 0.6) is 0 Å². The smallest absolute Gasteiger partial charge is 0.389 e. The van der Waals surface area contributed by atoms with Gasteiger partial charge in [0.15, 0.2) is 0 Å². The first-order valence-corrected chi connectivity index (χ1v) is 10.1. The molecule has 0 saturated carbocycles. The van der Waals surface area contributed by atoms with Crippen LogP contribution in [0, 0.1) is 0 Å². The van der Waals surface area contributed by atoms with Gasteiger partial charge in [-0.2, -0.15) is 43.9 Å². The number of nitrogens with zero attached hydrogens (tertiary/aromatic N) is 3. The molecule has 1 heterocycles. The molecule has 0 aromatic carbocycles. The number of alkyl halides is 10. The highest BCUT2D eigenvalue weighted by atomic mass is 19.4. The van der Waals surface area contributed by atoms with Gasteiger partial charge in [0.1, 0.15) is 6.61 Å². The van der Waals surface area contributed by atoms with Gasteiger partial charge in [-0.05, 0) is 0 Å². The van der Waals surface area contributed by atoms with Gasteiger partial charge in [0.05, 0.1) is 32.3 Å². The Morgan fingerprint density at radius 2 is 1.24 bits per heavy atom. The average Bonchev–Trinajstić information content (AvgIpc) is 2.75. The number of aliphatic hydroxyl groups excluding tert-OH is 1. The SMILES string of the molecule is C=CCn1c(=O)n(CC=C)c(=O)n(CC(O)COCC(F)(F)C(F)(F)OC(F)(F)C(F)(F)C(C)(F)F)c1=O. The molecule has 0 bridgehead atoms. The summed E-state index contributed by atoms with van der Waals surface area (Å²) in [4.78, 5) is 37.1. The van der Waals surface area contributed by atoms with E-state index < -0.39 is 92.9 Å². The first-order chi connectivity index (χ1) is 17.1. The van der Waals surface area contributed by atoms with Crippen LogP contribution in [0.2, 0.25) is 0 Å². The van der Waals surface area contributed by atoms with E-state index in [9.17, 15) is 63.4 Å². The van der Waals surface area contributed by atoms with Crippen LogP contribution in [-0.2, 0) is 29.1 Å². The number of halogens is 10. The van der Waals surface area contributed by atoms with Gasteiger partial charge in [0, 0.05) is 6.92 Å². The minimum absolute atomic E-state index is 0.256. The van der Waals surface area contributed by atoms with Gasteiger partial charge in [-0.1, -0.05) is 12.2 Å². The molecule has 0 aliphatic carbocycles. The predicted octanol–water partition coefficient (Wildman–Crippen LogP) is 2.05. The van der Waals surface area contributed by atoms with Crippen LogP contribution in [0.1, 0.15) is 6.92 Å². The van der Waals surface area contributed by atoms with Crippen LogP contribution < -0.4 is 17.1 Å². The number of ether oxygens (including phenoxy) is 2. The third-order valence-corrected chi connectivity index (χ3v) is 4.59. The number of aromatic nitrogens is 3. The van der Waals surface area contributed by atoms with Crippen molar-refractivity contribution in [2.24, 2.45) is 0 Å². The molecular weight excluding hydrogens is 556 g/mol. The maximum Gasteiger partial charge on any atom is 0.430 e. The van der Waals surface area contributed by atoms with Crippen LogP contribution >= 0.6 is 0 Å². The van der Waals surface area contributed by atoms with E-state index in [1.165, 1.54) is 0 Å². The molecule has 0 amide bonds. The standard InChI is InChI=1S/C19H21F10N3O6/c1-4-6-30-12(34)31(7-5-2)14(36)32(13(30)35)8-11(33)9-37-10-16(22,23)18(26,27)38-19(28,29)17(24,25)15(3,20)21/h4-5,11,33H,1-2,6-10H2,3H3. The first kappa shape index (κ1) is 33.1. The van der Waals surface area contributed by atoms with Crippen LogP contribution in [0.4, 0.5) is 43.9 Å². The quantitative estimate of drug-likeness (QED) is 0.253. The van der Waals surface area contributed by atoms with Crippen molar-refractivity contribution in [3.63, 3.8) is 0 Å². The molecule has 0 aliphatic heterocycles. The summed E-state index contributed by atoms with van der Waals surface area (Å²) < 4.78 is 140. The lowest BCUT2D eigenvalue weighted by Gasteiger charge is -2.34. The van der Waals surface area contributed by atoms with Crippen molar-refractivity contribution in [3.8, 4) is 0 Å².